The second-order valence-electron chi connectivity index (χ2n) is 7.05. The van der Waals surface area contributed by atoms with E-state index in [1.54, 1.807) is 6.92 Å². The van der Waals surface area contributed by atoms with Gasteiger partial charge in [0.1, 0.15) is 10.8 Å². The molecule has 1 aliphatic carbocycles. The second-order valence-corrected chi connectivity index (χ2v) is 8.16. The smallest absolute Gasteiger partial charge is 0.341 e. The first-order valence-electron chi connectivity index (χ1n) is 9.81. The summed E-state index contributed by atoms with van der Waals surface area (Å²) in [4.78, 5) is 25.9. The van der Waals surface area contributed by atoms with Crippen molar-refractivity contribution in [3.05, 3.63) is 45.3 Å². The molecule has 1 aromatic heterocycles. The Hall–Kier alpha value is -2.34. The van der Waals surface area contributed by atoms with Crippen molar-refractivity contribution in [2.45, 2.75) is 52.9 Å². The van der Waals surface area contributed by atoms with Crippen LogP contribution in [0.3, 0.4) is 0 Å². The van der Waals surface area contributed by atoms with Crippen LogP contribution in [0.2, 0.25) is 0 Å². The lowest BCUT2D eigenvalue weighted by molar-refractivity contribution is -0.116. The topological polar surface area (TPSA) is 64.6 Å². The van der Waals surface area contributed by atoms with E-state index in [1.807, 2.05) is 26.0 Å². The van der Waals surface area contributed by atoms with Crippen LogP contribution >= 0.6 is 11.3 Å². The summed E-state index contributed by atoms with van der Waals surface area (Å²) in [6.45, 7) is 6.63. The summed E-state index contributed by atoms with van der Waals surface area (Å²) < 4.78 is 11.0. The summed E-state index contributed by atoms with van der Waals surface area (Å²) in [5, 5.41) is 3.55. The number of carbonyl (C=O) groups excluding carboxylic acids is 2. The molecule has 0 saturated heterocycles. The van der Waals surface area contributed by atoms with E-state index in [0.717, 1.165) is 41.7 Å². The van der Waals surface area contributed by atoms with Crippen LogP contribution in [0.25, 0.3) is 0 Å². The quantitative estimate of drug-likeness (QED) is 0.508. The van der Waals surface area contributed by atoms with Gasteiger partial charge in [-0.25, -0.2) is 4.79 Å². The van der Waals surface area contributed by atoms with Crippen LogP contribution in [-0.2, 0) is 22.4 Å². The number of benzene rings is 1. The molecule has 6 heteroatoms. The molecule has 150 valence electrons. The van der Waals surface area contributed by atoms with Crippen LogP contribution in [0, 0.1) is 13.8 Å². The van der Waals surface area contributed by atoms with Crippen molar-refractivity contribution in [2.75, 3.05) is 18.5 Å². The van der Waals surface area contributed by atoms with E-state index < -0.39 is 0 Å². The van der Waals surface area contributed by atoms with Gasteiger partial charge in [0.25, 0.3) is 0 Å². The molecule has 1 heterocycles. The molecule has 28 heavy (non-hydrogen) atoms. The van der Waals surface area contributed by atoms with Crippen LogP contribution in [0.1, 0.15) is 58.1 Å². The Morgan fingerprint density at radius 3 is 2.82 bits per heavy atom. The summed E-state index contributed by atoms with van der Waals surface area (Å²) in [5.74, 6) is 0.421. The molecule has 1 aromatic carbocycles. The average Bonchev–Trinajstić information content (AvgIpc) is 3.22. The molecular weight excluding hydrogens is 374 g/mol. The molecule has 0 radical (unpaired) electrons. The molecule has 0 saturated carbocycles. The first-order valence-corrected chi connectivity index (χ1v) is 10.6. The zero-order chi connectivity index (χ0) is 20.1. The predicted molar refractivity (Wildman–Crippen MR) is 112 cm³/mol. The van der Waals surface area contributed by atoms with Gasteiger partial charge in [0, 0.05) is 11.3 Å². The van der Waals surface area contributed by atoms with E-state index in [2.05, 4.69) is 11.4 Å². The van der Waals surface area contributed by atoms with Gasteiger partial charge >= 0.3 is 5.97 Å². The van der Waals surface area contributed by atoms with Crippen molar-refractivity contribution in [3.63, 3.8) is 0 Å². The molecule has 0 bridgehead atoms. The fourth-order valence-electron chi connectivity index (χ4n) is 3.38. The average molecular weight is 402 g/mol. The van der Waals surface area contributed by atoms with Crippen LogP contribution in [0.15, 0.2) is 18.2 Å². The minimum Gasteiger partial charge on any atom is -0.493 e. The Balaban J connectivity index is 1.55. The molecule has 2 aromatic rings. The summed E-state index contributed by atoms with van der Waals surface area (Å²) in [6, 6.07) is 6.09. The summed E-state index contributed by atoms with van der Waals surface area (Å²) in [7, 11) is 0. The Morgan fingerprint density at radius 2 is 2.04 bits per heavy atom. The van der Waals surface area contributed by atoms with E-state index in [0.29, 0.717) is 36.6 Å². The number of hydrogen-bond acceptors (Lipinski definition) is 5. The molecule has 0 unspecified atom stereocenters. The lowest BCUT2D eigenvalue weighted by Gasteiger charge is -2.10. The molecule has 0 aliphatic heterocycles. The Kier molecular flexibility index (Phi) is 6.73. The number of thiophene rings is 1. The summed E-state index contributed by atoms with van der Waals surface area (Å²) in [5.41, 5.74) is 3.84. The van der Waals surface area contributed by atoms with E-state index in [-0.39, 0.29) is 11.9 Å². The highest BCUT2D eigenvalue weighted by Gasteiger charge is 2.28. The van der Waals surface area contributed by atoms with Crippen molar-refractivity contribution in [1.82, 2.24) is 0 Å². The van der Waals surface area contributed by atoms with Crippen LogP contribution < -0.4 is 10.1 Å². The monoisotopic (exact) mass is 401 g/mol. The number of amides is 1. The maximum Gasteiger partial charge on any atom is 0.341 e. The molecule has 0 atom stereocenters. The zero-order valence-electron chi connectivity index (χ0n) is 16.7. The van der Waals surface area contributed by atoms with Gasteiger partial charge in [-0.15, -0.1) is 11.3 Å². The second kappa shape index (κ2) is 9.24. The van der Waals surface area contributed by atoms with Crippen molar-refractivity contribution in [3.8, 4) is 5.75 Å². The SMILES string of the molecule is CCOC(=O)c1c(NC(=O)CCCOc2cc(C)ccc2C)sc2c1CCC2. The largest absolute Gasteiger partial charge is 0.493 e. The first kappa shape index (κ1) is 20.4. The standard InChI is InChI=1S/C22H27NO4S/c1-4-26-22(25)20-16-7-5-8-18(16)28-21(20)23-19(24)9-6-12-27-17-13-14(2)10-11-15(17)3/h10-11,13H,4-9,12H2,1-3H3,(H,23,24). The highest BCUT2D eigenvalue weighted by atomic mass is 32.1. The fourth-order valence-corrected chi connectivity index (χ4v) is 4.67. The van der Waals surface area contributed by atoms with Gasteiger partial charge in [-0.2, -0.15) is 0 Å². The number of fused-ring (bicyclic) bond motifs is 1. The molecule has 3 rings (SSSR count). The molecule has 1 amide bonds. The number of anilines is 1. The number of nitrogens with one attached hydrogen (secondary N) is 1. The van der Waals surface area contributed by atoms with Gasteiger partial charge in [-0.1, -0.05) is 12.1 Å². The minimum absolute atomic E-state index is 0.102. The van der Waals surface area contributed by atoms with Gasteiger partial charge in [0.05, 0.1) is 18.8 Å². The molecule has 5 nitrogen and oxygen atoms in total. The van der Waals surface area contributed by atoms with E-state index in [1.165, 1.54) is 16.2 Å². The number of aryl methyl sites for hydroxylation is 3. The van der Waals surface area contributed by atoms with Gasteiger partial charge in [0.15, 0.2) is 0 Å². The Bertz CT molecular complexity index is 872. The van der Waals surface area contributed by atoms with Crippen molar-refractivity contribution in [1.29, 1.82) is 0 Å². The highest BCUT2D eigenvalue weighted by Crippen LogP contribution is 2.39. The normalized spacial score (nSPS) is 12.5. The summed E-state index contributed by atoms with van der Waals surface area (Å²) in [6.07, 6.45) is 3.84. The van der Waals surface area contributed by atoms with Gasteiger partial charge in [0.2, 0.25) is 5.91 Å². The maximum atomic E-state index is 12.4. The fraction of sp³-hybridized carbons (Fsp3) is 0.455. The zero-order valence-corrected chi connectivity index (χ0v) is 17.5. The highest BCUT2D eigenvalue weighted by molar-refractivity contribution is 7.17. The molecule has 0 fully saturated rings. The van der Waals surface area contributed by atoms with E-state index in [4.69, 9.17) is 9.47 Å². The van der Waals surface area contributed by atoms with Crippen molar-refractivity contribution >= 4 is 28.2 Å². The van der Waals surface area contributed by atoms with Gasteiger partial charge in [-0.05, 0) is 69.2 Å². The van der Waals surface area contributed by atoms with Gasteiger partial charge in [-0.3, -0.25) is 4.79 Å². The number of ether oxygens (including phenoxy) is 2. The maximum absolute atomic E-state index is 12.4. The van der Waals surface area contributed by atoms with E-state index >= 15 is 0 Å². The molecule has 0 spiro atoms. The van der Waals surface area contributed by atoms with Crippen LogP contribution in [-0.4, -0.2) is 25.1 Å². The lowest BCUT2D eigenvalue weighted by atomic mass is 10.1. The molecule has 1 N–H and O–H groups in total. The lowest BCUT2D eigenvalue weighted by Crippen LogP contribution is -2.15. The number of carbonyl (C=O) groups is 2. The Morgan fingerprint density at radius 1 is 1.21 bits per heavy atom. The van der Waals surface area contributed by atoms with Gasteiger partial charge < -0.3 is 14.8 Å². The predicted octanol–water partition coefficient (Wildman–Crippen LogP) is 4.83. The molecular formula is C22H27NO4S. The number of rotatable bonds is 8. The van der Waals surface area contributed by atoms with Crippen LogP contribution in [0.4, 0.5) is 5.00 Å². The van der Waals surface area contributed by atoms with Crippen LogP contribution in [0.5, 0.6) is 5.75 Å². The molecule has 1 aliphatic rings. The Labute approximate surface area is 170 Å². The third kappa shape index (κ3) is 4.73. The third-order valence-corrected chi connectivity index (χ3v) is 6.01. The van der Waals surface area contributed by atoms with Crippen molar-refractivity contribution in [2.24, 2.45) is 0 Å². The minimum atomic E-state index is -0.338. The number of esters is 1. The number of hydrogen-bond donors (Lipinski definition) is 1. The van der Waals surface area contributed by atoms with E-state index in [9.17, 15) is 9.59 Å². The first-order chi connectivity index (χ1) is 13.5. The van der Waals surface area contributed by atoms with Crippen molar-refractivity contribution < 1.29 is 19.1 Å². The summed E-state index contributed by atoms with van der Waals surface area (Å²) >= 11 is 1.51. The third-order valence-electron chi connectivity index (χ3n) is 4.80.